The first kappa shape index (κ1) is 15.9. The Bertz CT molecular complexity index is 617. The highest BCUT2D eigenvalue weighted by Gasteiger charge is 2.05. The number of unbranched alkanes of at least 4 members (excludes halogenated alkanes) is 1. The van der Waals surface area contributed by atoms with Crippen LogP contribution in [0.2, 0.25) is 10.0 Å². The maximum absolute atomic E-state index is 6.15. The standard InChI is InChI=1S/C15H18Cl2N4/c1-3-4-7-18-14-9-15(20-10(2)19-14)21-13-8-11(16)5-6-12(13)17/h5-6,8-9H,3-4,7H2,1-2H3,(H2,18,19,20,21). The van der Waals surface area contributed by atoms with Crippen LogP contribution in [0.3, 0.4) is 0 Å². The van der Waals surface area contributed by atoms with Gasteiger partial charge in [-0.1, -0.05) is 36.5 Å². The Hall–Kier alpha value is -1.52. The SMILES string of the molecule is CCCCNc1cc(Nc2cc(Cl)ccc2Cl)nc(C)n1. The molecule has 2 rings (SSSR count). The fourth-order valence-electron chi connectivity index (χ4n) is 1.85. The molecule has 0 amide bonds. The predicted molar refractivity (Wildman–Crippen MR) is 89.9 cm³/mol. The van der Waals surface area contributed by atoms with E-state index in [0.717, 1.165) is 30.9 Å². The summed E-state index contributed by atoms with van der Waals surface area (Å²) in [4.78, 5) is 8.73. The Morgan fingerprint density at radius 3 is 2.62 bits per heavy atom. The van der Waals surface area contributed by atoms with E-state index < -0.39 is 0 Å². The summed E-state index contributed by atoms with van der Waals surface area (Å²) in [6, 6.07) is 7.13. The molecule has 0 unspecified atom stereocenters. The second kappa shape index (κ2) is 7.48. The number of nitrogens with zero attached hydrogens (tertiary/aromatic N) is 2. The summed E-state index contributed by atoms with van der Waals surface area (Å²) in [5.41, 5.74) is 0.724. The highest BCUT2D eigenvalue weighted by Crippen LogP contribution is 2.28. The minimum absolute atomic E-state index is 0.594. The van der Waals surface area contributed by atoms with Gasteiger partial charge in [0, 0.05) is 17.6 Å². The average molecular weight is 325 g/mol. The average Bonchev–Trinajstić information content (AvgIpc) is 2.43. The maximum Gasteiger partial charge on any atom is 0.136 e. The summed E-state index contributed by atoms with van der Waals surface area (Å²) >= 11 is 12.1. The lowest BCUT2D eigenvalue weighted by atomic mass is 10.3. The maximum atomic E-state index is 6.15. The van der Waals surface area contributed by atoms with Gasteiger partial charge in [-0.15, -0.1) is 0 Å². The second-order valence-electron chi connectivity index (χ2n) is 4.72. The van der Waals surface area contributed by atoms with E-state index in [-0.39, 0.29) is 0 Å². The molecule has 1 heterocycles. The molecule has 0 spiro atoms. The number of hydrogen-bond acceptors (Lipinski definition) is 4. The zero-order valence-corrected chi connectivity index (χ0v) is 13.6. The zero-order valence-electron chi connectivity index (χ0n) is 12.1. The van der Waals surface area contributed by atoms with Crippen LogP contribution in [0.25, 0.3) is 0 Å². The Morgan fingerprint density at radius 2 is 1.86 bits per heavy atom. The minimum Gasteiger partial charge on any atom is -0.370 e. The van der Waals surface area contributed by atoms with Crippen LogP contribution in [0, 0.1) is 6.92 Å². The van der Waals surface area contributed by atoms with Crippen LogP contribution in [-0.2, 0) is 0 Å². The second-order valence-corrected chi connectivity index (χ2v) is 5.56. The molecule has 0 radical (unpaired) electrons. The van der Waals surface area contributed by atoms with Gasteiger partial charge in [-0.2, -0.15) is 0 Å². The predicted octanol–water partition coefficient (Wildman–Crippen LogP) is 5.05. The highest BCUT2D eigenvalue weighted by atomic mass is 35.5. The molecule has 112 valence electrons. The van der Waals surface area contributed by atoms with E-state index in [0.29, 0.717) is 21.7 Å². The molecule has 0 aliphatic heterocycles. The molecular formula is C15H18Cl2N4. The summed E-state index contributed by atoms with van der Waals surface area (Å²) in [6.45, 7) is 4.90. The molecule has 21 heavy (non-hydrogen) atoms. The van der Waals surface area contributed by atoms with Gasteiger partial charge in [-0.05, 0) is 31.5 Å². The molecule has 2 aromatic rings. The summed E-state index contributed by atoms with van der Waals surface area (Å²) in [5.74, 6) is 2.18. The molecule has 0 aliphatic rings. The summed E-state index contributed by atoms with van der Waals surface area (Å²) in [7, 11) is 0. The smallest absolute Gasteiger partial charge is 0.136 e. The third kappa shape index (κ3) is 4.76. The van der Waals surface area contributed by atoms with E-state index in [9.17, 15) is 0 Å². The van der Waals surface area contributed by atoms with E-state index >= 15 is 0 Å². The van der Waals surface area contributed by atoms with Gasteiger partial charge in [0.05, 0.1) is 10.7 Å². The fourth-order valence-corrected chi connectivity index (χ4v) is 2.18. The topological polar surface area (TPSA) is 49.8 Å². The van der Waals surface area contributed by atoms with Crippen molar-refractivity contribution in [1.29, 1.82) is 0 Å². The van der Waals surface area contributed by atoms with Gasteiger partial charge < -0.3 is 10.6 Å². The number of nitrogens with one attached hydrogen (secondary N) is 2. The lowest BCUT2D eigenvalue weighted by molar-refractivity contribution is 0.829. The van der Waals surface area contributed by atoms with E-state index in [1.165, 1.54) is 0 Å². The fraction of sp³-hybridized carbons (Fsp3) is 0.333. The number of aryl methyl sites for hydroxylation is 1. The highest BCUT2D eigenvalue weighted by molar-refractivity contribution is 6.35. The molecule has 0 saturated carbocycles. The largest absolute Gasteiger partial charge is 0.370 e. The lowest BCUT2D eigenvalue weighted by Crippen LogP contribution is -2.06. The van der Waals surface area contributed by atoms with E-state index in [1.807, 2.05) is 13.0 Å². The number of benzene rings is 1. The van der Waals surface area contributed by atoms with Crippen molar-refractivity contribution in [3.05, 3.63) is 40.1 Å². The van der Waals surface area contributed by atoms with Crippen LogP contribution in [0.4, 0.5) is 17.3 Å². The van der Waals surface area contributed by atoms with Crippen LogP contribution in [0.15, 0.2) is 24.3 Å². The first-order valence-corrected chi connectivity index (χ1v) is 7.65. The molecule has 0 fully saturated rings. The van der Waals surface area contributed by atoms with Crippen molar-refractivity contribution >= 4 is 40.5 Å². The monoisotopic (exact) mass is 324 g/mol. The molecule has 1 aromatic heterocycles. The van der Waals surface area contributed by atoms with Crippen LogP contribution in [-0.4, -0.2) is 16.5 Å². The third-order valence-electron chi connectivity index (χ3n) is 2.87. The number of aromatic nitrogens is 2. The number of anilines is 3. The molecule has 1 aromatic carbocycles. The summed E-state index contributed by atoms with van der Waals surface area (Å²) < 4.78 is 0. The third-order valence-corrected chi connectivity index (χ3v) is 3.43. The van der Waals surface area contributed by atoms with Crippen LogP contribution >= 0.6 is 23.2 Å². The van der Waals surface area contributed by atoms with Gasteiger partial charge in [-0.3, -0.25) is 0 Å². The van der Waals surface area contributed by atoms with Gasteiger partial charge >= 0.3 is 0 Å². The molecular weight excluding hydrogens is 307 g/mol. The van der Waals surface area contributed by atoms with Crippen LogP contribution in [0.5, 0.6) is 0 Å². The van der Waals surface area contributed by atoms with Gasteiger partial charge in [-0.25, -0.2) is 9.97 Å². The minimum atomic E-state index is 0.594. The van der Waals surface area contributed by atoms with Crippen molar-refractivity contribution in [2.45, 2.75) is 26.7 Å². The number of halogens is 2. The quantitative estimate of drug-likeness (QED) is 0.730. The first-order chi connectivity index (χ1) is 10.1. The van der Waals surface area contributed by atoms with Gasteiger partial charge in [0.1, 0.15) is 17.5 Å². The van der Waals surface area contributed by atoms with E-state index in [2.05, 4.69) is 27.5 Å². The number of hydrogen-bond donors (Lipinski definition) is 2. The Kier molecular flexibility index (Phi) is 5.65. The van der Waals surface area contributed by atoms with Crippen LogP contribution in [0.1, 0.15) is 25.6 Å². The molecule has 2 N–H and O–H groups in total. The molecule has 0 atom stereocenters. The normalized spacial score (nSPS) is 10.5. The molecule has 0 bridgehead atoms. The molecule has 6 heteroatoms. The summed E-state index contributed by atoms with van der Waals surface area (Å²) in [5, 5.41) is 7.68. The summed E-state index contributed by atoms with van der Waals surface area (Å²) in [6.07, 6.45) is 2.24. The van der Waals surface area contributed by atoms with E-state index in [1.54, 1.807) is 18.2 Å². The molecule has 0 saturated heterocycles. The molecule has 0 aliphatic carbocycles. The van der Waals surface area contributed by atoms with Crippen molar-refractivity contribution in [1.82, 2.24) is 9.97 Å². The van der Waals surface area contributed by atoms with Crippen molar-refractivity contribution in [2.75, 3.05) is 17.2 Å². The van der Waals surface area contributed by atoms with Crippen molar-refractivity contribution in [3.63, 3.8) is 0 Å². The van der Waals surface area contributed by atoms with Crippen molar-refractivity contribution in [3.8, 4) is 0 Å². The Morgan fingerprint density at radius 1 is 1.10 bits per heavy atom. The van der Waals surface area contributed by atoms with E-state index in [4.69, 9.17) is 23.2 Å². The van der Waals surface area contributed by atoms with Crippen molar-refractivity contribution in [2.24, 2.45) is 0 Å². The van der Waals surface area contributed by atoms with Gasteiger partial charge in [0.2, 0.25) is 0 Å². The van der Waals surface area contributed by atoms with Gasteiger partial charge in [0.15, 0.2) is 0 Å². The van der Waals surface area contributed by atoms with Gasteiger partial charge in [0.25, 0.3) is 0 Å². The Balaban J connectivity index is 2.17. The Labute approximate surface area is 134 Å². The molecule has 4 nitrogen and oxygen atoms in total. The lowest BCUT2D eigenvalue weighted by Gasteiger charge is -2.11. The zero-order chi connectivity index (χ0) is 15.2. The first-order valence-electron chi connectivity index (χ1n) is 6.90. The van der Waals surface area contributed by atoms with Crippen molar-refractivity contribution < 1.29 is 0 Å². The number of rotatable bonds is 6. The van der Waals surface area contributed by atoms with Crippen LogP contribution < -0.4 is 10.6 Å².